The summed E-state index contributed by atoms with van der Waals surface area (Å²) in [7, 11) is 3.33. The van der Waals surface area contributed by atoms with E-state index in [0.29, 0.717) is 5.13 Å². The molecular formula is C25H29N3O3S. The van der Waals surface area contributed by atoms with Gasteiger partial charge in [0, 0.05) is 25.0 Å². The second-order valence-corrected chi connectivity index (χ2v) is 8.80. The van der Waals surface area contributed by atoms with Crippen molar-refractivity contribution in [3.63, 3.8) is 0 Å². The number of anilines is 1. The number of hydrogen-bond donors (Lipinski definition) is 1. The first kappa shape index (κ1) is 22.3. The van der Waals surface area contributed by atoms with Crippen molar-refractivity contribution in [2.75, 3.05) is 26.1 Å². The topological polar surface area (TPSA) is 63.7 Å². The molecule has 168 valence electrons. The molecule has 32 heavy (non-hydrogen) atoms. The van der Waals surface area contributed by atoms with Gasteiger partial charge in [-0.3, -0.25) is 9.69 Å². The van der Waals surface area contributed by atoms with Crippen LogP contribution in [0.5, 0.6) is 11.5 Å². The Morgan fingerprint density at radius 3 is 2.56 bits per heavy atom. The maximum absolute atomic E-state index is 12.8. The van der Waals surface area contributed by atoms with Crippen LogP contribution in [-0.2, 0) is 24.3 Å². The van der Waals surface area contributed by atoms with Crippen LogP contribution in [-0.4, -0.2) is 36.6 Å². The van der Waals surface area contributed by atoms with E-state index < -0.39 is 0 Å². The van der Waals surface area contributed by atoms with E-state index in [1.807, 2.05) is 42.6 Å². The van der Waals surface area contributed by atoms with Crippen molar-refractivity contribution < 1.29 is 14.3 Å². The lowest BCUT2D eigenvalue weighted by Gasteiger charge is -2.29. The van der Waals surface area contributed by atoms with Gasteiger partial charge in [0.25, 0.3) is 0 Å². The minimum atomic E-state index is -0.172. The number of methoxy groups -OCH3 is 2. The lowest BCUT2D eigenvalue weighted by molar-refractivity contribution is -0.117. The highest BCUT2D eigenvalue weighted by Gasteiger charge is 2.22. The summed E-state index contributed by atoms with van der Waals surface area (Å²) >= 11 is 1.48. The Hall–Kier alpha value is -2.90. The van der Waals surface area contributed by atoms with Crippen molar-refractivity contribution in [1.82, 2.24) is 9.88 Å². The van der Waals surface area contributed by atoms with E-state index >= 15 is 0 Å². The summed E-state index contributed by atoms with van der Waals surface area (Å²) in [6.45, 7) is 4.56. The number of ether oxygens (including phenoxy) is 2. The monoisotopic (exact) mass is 451 g/mol. The lowest BCUT2D eigenvalue weighted by atomic mass is 9.96. The average molecular weight is 452 g/mol. The average Bonchev–Trinajstić information content (AvgIpc) is 3.25. The van der Waals surface area contributed by atoms with E-state index in [1.54, 1.807) is 14.2 Å². The number of aromatic nitrogens is 1. The van der Waals surface area contributed by atoms with Crippen LogP contribution in [0.25, 0.3) is 0 Å². The summed E-state index contributed by atoms with van der Waals surface area (Å²) in [6.07, 6.45) is 1.70. The molecule has 2 heterocycles. The fourth-order valence-electron chi connectivity index (χ4n) is 4.19. The predicted molar refractivity (Wildman–Crippen MR) is 128 cm³/mol. The Kier molecular flexibility index (Phi) is 7.07. The fraction of sp³-hybridized carbons (Fsp3) is 0.360. The number of nitrogens with zero attached hydrogens (tertiary/aromatic N) is 2. The zero-order valence-corrected chi connectivity index (χ0v) is 19.6. The highest BCUT2D eigenvalue weighted by atomic mass is 32.1. The molecule has 0 saturated carbocycles. The van der Waals surface area contributed by atoms with Crippen LogP contribution in [0.15, 0.2) is 47.8 Å². The van der Waals surface area contributed by atoms with Gasteiger partial charge >= 0.3 is 0 Å². The zero-order chi connectivity index (χ0) is 22.5. The van der Waals surface area contributed by atoms with E-state index in [4.69, 9.17) is 9.47 Å². The first-order chi connectivity index (χ1) is 15.6. The molecule has 6 nitrogen and oxygen atoms in total. The van der Waals surface area contributed by atoms with Crippen LogP contribution in [0.2, 0.25) is 0 Å². The Balaban J connectivity index is 1.39. The number of rotatable bonds is 8. The molecule has 0 fully saturated rings. The molecule has 0 radical (unpaired) electrons. The molecule has 1 aromatic heterocycles. The van der Waals surface area contributed by atoms with Crippen molar-refractivity contribution in [3.05, 3.63) is 70.2 Å². The first-order valence-electron chi connectivity index (χ1n) is 10.9. The van der Waals surface area contributed by atoms with Gasteiger partial charge in [-0.05, 0) is 41.7 Å². The molecular weight excluding hydrogens is 422 g/mol. The van der Waals surface area contributed by atoms with E-state index in [0.717, 1.165) is 55.2 Å². The van der Waals surface area contributed by atoms with Crippen molar-refractivity contribution in [2.45, 2.75) is 38.8 Å². The molecule has 0 bridgehead atoms. The van der Waals surface area contributed by atoms with Gasteiger partial charge in [0.05, 0.1) is 25.8 Å². The fourth-order valence-corrected chi connectivity index (χ4v) is 4.90. The van der Waals surface area contributed by atoms with Gasteiger partial charge in [0.2, 0.25) is 5.91 Å². The molecule has 2 aromatic carbocycles. The minimum Gasteiger partial charge on any atom is -0.493 e. The predicted octanol–water partition coefficient (Wildman–Crippen LogP) is 4.85. The van der Waals surface area contributed by atoms with E-state index in [9.17, 15) is 4.79 Å². The molecule has 0 saturated heterocycles. The van der Waals surface area contributed by atoms with Crippen molar-refractivity contribution >= 4 is 22.4 Å². The van der Waals surface area contributed by atoms with E-state index in [-0.39, 0.29) is 11.8 Å². The highest BCUT2D eigenvalue weighted by Crippen LogP contribution is 2.33. The molecule has 1 aliphatic rings. The van der Waals surface area contributed by atoms with Crippen LogP contribution in [0.1, 0.15) is 41.6 Å². The number of amides is 1. The van der Waals surface area contributed by atoms with Crippen molar-refractivity contribution in [3.8, 4) is 11.5 Å². The minimum absolute atomic E-state index is 0.00691. The summed E-state index contributed by atoms with van der Waals surface area (Å²) in [5.41, 5.74) is 4.56. The Morgan fingerprint density at radius 2 is 1.88 bits per heavy atom. The molecule has 0 spiro atoms. The molecule has 1 unspecified atom stereocenters. The van der Waals surface area contributed by atoms with E-state index in [2.05, 4.69) is 27.3 Å². The normalized spacial score (nSPS) is 14.5. The molecule has 1 atom stereocenters. The molecule has 1 aliphatic heterocycles. The third-order valence-corrected chi connectivity index (χ3v) is 6.70. The Labute approximate surface area is 193 Å². The third-order valence-electron chi connectivity index (χ3n) is 5.89. The molecule has 1 N–H and O–H groups in total. The number of hydrogen-bond acceptors (Lipinski definition) is 6. The van der Waals surface area contributed by atoms with Gasteiger partial charge in [0.15, 0.2) is 16.6 Å². The first-order valence-corrected chi connectivity index (χ1v) is 11.8. The summed E-state index contributed by atoms with van der Waals surface area (Å²) in [5.74, 6) is 1.36. The quantitative estimate of drug-likeness (QED) is 0.530. The van der Waals surface area contributed by atoms with Gasteiger partial charge in [-0.25, -0.2) is 4.98 Å². The maximum atomic E-state index is 12.8. The maximum Gasteiger partial charge on any atom is 0.233 e. The third kappa shape index (κ3) is 4.95. The molecule has 3 aromatic rings. The standard InChI is InChI=1S/C25H29N3O3S/c1-4-21(17-8-6-5-7-9-17)24(29)27-25-26-20(16-32-25)15-28-11-10-18-12-22(30-2)23(31-3)13-19(18)14-28/h5-9,12-13,16,21H,4,10-11,14-15H2,1-3H3,(H,26,27,29). The van der Waals surface area contributed by atoms with Gasteiger partial charge in [-0.2, -0.15) is 0 Å². The second kappa shape index (κ2) is 10.1. The number of nitrogens with one attached hydrogen (secondary N) is 1. The Bertz CT molecular complexity index is 1070. The summed E-state index contributed by atoms with van der Waals surface area (Å²) in [4.78, 5) is 19.9. The Morgan fingerprint density at radius 1 is 1.16 bits per heavy atom. The summed E-state index contributed by atoms with van der Waals surface area (Å²) in [5, 5.41) is 5.70. The van der Waals surface area contributed by atoms with Crippen LogP contribution in [0.4, 0.5) is 5.13 Å². The zero-order valence-electron chi connectivity index (χ0n) is 18.8. The van der Waals surface area contributed by atoms with Crippen molar-refractivity contribution in [2.24, 2.45) is 0 Å². The van der Waals surface area contributed by atoms with Crippen LogP contribution >= 0.6 is 11.3 Å². The lowest BCUT2D eigenvalue weighted by Crippen LogP contribution is -2.30. The molecule has 0 aliphatic carbocycles. The smallest absolute Gasteiger partial charge is 0.233 e. The molecule has 1 amide bonds. The van der Waals surface area contributed by atoms with Gasteiger partial charge in [-0.15, -0.1) is 11.3 Å². The van der Waals surface area contributed by atoms with Gasteiger partial charge in [0.1, 0.15) is 0 Å². The van der Waals surface area contributed by atoms with Crippen molar-refractivity contribution in [1.29, 1.82) is 0 Å². The number of fused-ring (bicyclic) bond motifs is 1. The van der Waals surface area contributed by atoms with Crippen LogP contribution < -0.4 is 14.8 Å². The number of thiazole rings is 1. The summed E-state index contributed by atoms with van der Waals surface area (Å²) in [6, 6.07) is 14.1. The van der Waals surface area contributed by atoms with Crippen LogP contribution in [0.3, 0.4) is 0 Å². The van der Waals surface area contributed by atoms with Gasteiger partial charge in [-0.1, -0.05) is 37.3 Å². The number of carbonyl (C=O) groups is 1. The van der Waals surface area contributed by atoms with Crippen LogP contribution in [0, 0.1) is 0 Å². The molecule has 4 rings (SSSR count). The number of benzene rings is 2. The second-order valence-electron chi connectivity index (χ2n) is 7.94. The SMILES string of the molecule is CCC(C(=O)Nc1nc(CN2CCc3cc(OC)c(OC)cc3C2)cs1)c1ccccc1. The summed E-state index contributed by atoms with van der Waals surface area (Å²) < 4.78 is 10.9. The van der Waals surface area contributed by atoms with E-state index in [1.165, 1.54) is 22.5 Å². The van der Waals surface area contributed by atoms with Gasteiger partial charge < -0.3 is 14.8 Å². The largest absolute Gasteiger partial charge is 0.493 e. The molecule has 7 heteroatoms. The number of carbonyl (C=O) groups excluding carboxylic acids is 1. The highest BCUT2D eigenvalue weighted by molar-refractivity contribution is 7.13.